The molecular formula is C12H6Cl2N2OS. The lowest BCUT2D eigenvalue weighted by Gasteiger charge is -2.01. The molecule has 0 atom stereocenters. The maximum Gasteiger partial charge on any atom is 0.268 e. The number of fused-ring (bicyclic) bond motifs is 1. The Morgan fingerprint density at radius 3 is 2.89 bits per heavy atom. The molecule has 0 aliphatic carbocycles. The highest BCUT2D eigenvalue weighted by Crippen LogP contribution is 2.38. The summed E-state index contributed by atoms with van der Waals surface area (Å²) < 4.78 is 0.587. The quantitative estimate of drug-likeness (QED) is 0.739. The van der Waals surface area contributed by atoms with Gasteiger partial charge in [-0.25, -0.2) is 4.98 Å². The third kappa shape index (κ3) is 1.82. The van der Waals surface area contributed by atoms with Crippen LogP contribution in [0.2, 0.25) is 10.0 Å². The first-order chi connectivity index (χ1) is 8.66. The molecule has 1 N–H and O–H groups in total. The average Bonchev–Trinajstić information content (AvgIpc) is 2.78. The maximum absolute atomic E-state index is 11.6. The summed E-state index contributed by atoms with van der Waals surface area (Å²) in [5.41, 5.74) is 1.33. The van der Waals surface area contributed by atoms with Crippen LogP contribution in [0.5, 0.6) is 0 Å². The fourth-order valence-electron chi connectivity index (χ4n) is 1.69. The van der Waals surface area contributed by atoms with Crippen LogP contribution in [0.15, 0.2) is 35.4 Å². The second-order valence-corrected chi connectivity index (χ2v) is 5.50. The Morgan fingerprint density at radius 1 is 1.28 bits per heavy atom. The molecule has 1 aromatic carbocycles. The molecule has 0 spiro atoms. The zero-order chi connectivity index (χ0) is 12.7. The van der Waals surface area contributed by atoms with Crippen LogP contribution < -0.4 is 5.56 Å². The van der Waals surface area contributed by atoms with E-state index in [9.17, 15) is 4.79 Å². The van der Waals surface area contributed by atoms with Gasteiger partial charge in [0.2, 0.25) is 0 Å². The number of thiophene rings is 1. The SMILES string of the molecule is O=c1[nH]cnc2cc(-c3cccc(Cl)c3Cl)sc12. The first-order valence-electron chi connectivity index (χ1n) is 5.08. The van der Waals surface area contributed by atoms with Crippen molar-refractivity contribution in [3.63, 3.8) is 0 Å². The zero-order valence-electron chi connectivity index (χ0n) is 8.91. The van der Waals surface area contributed by atoms with Crippen LogP contribution >= 0.6 is 34.5 Å². The number of benzene rings is 1. The predicted molar refractivity (Wildman–Crippen MR) is 75.7 cm³/mol. The van der Waals surface area contributed by atoms with Gasteiger partial charge in [-0.2, -0.15) is 0 Å². The summed E-state index contributed by atoms with van der Waals surface area (Å²) in [6.07, 6.45) is 1.39. The van der Waals surface area contributed by atoms with E-state index in [-0.39, 0.29) is 5.56 Å². The van der Waals surface area contributed by atoms with Gasteiger partial charge < -0.3 is 4.98 Å². The highest BCUT2D eigenvalue weighted by molar-refractivity contribution is 7.22. The van der Waals surface area contributed by atoms with Crippen LogP contribution in [0.3, 0.4) is 0 Å². The van der Waals surface area contributed by atoms with Crippen molar-refractivity contribution < 1.29 is 0 Å². The normalized spacial score (nSPS) is 11.0. The predicted octanol–water partition coefficient (Wildman–Crippen LogP) is 3.96. The van der Waals surface area contributed by atoms with Gasteiger partial charge in [-0.3, -0.25) is 4.79 Å². The topological polar surface area (TPSA) is 45.8 Å². The van der Waals surface area contributed by atoms with E-state index in [4.69, 9.17) is 23.2 Å². The van der Waals surface area contributed by atoms with E-state index in [1.54, 1.807) is 6.07 Å². The van der Waals surface area contributed by atoms with E-state index in [0.29, 0.717) is 20.3 Å². The Labute approximate surface area is 116 Å². The fraction of sp³-hybridized carbons (Fsp3) is 0. The third-order valence-corrected chi connectivity index (χ3v) is 4.51. The summed E-state index contributed by atoms with van der Waals surface area (Å²) in [4.78, 5) is 19.2. The minimum atomic E-state index is -0.144. The minimum absolute atomic E-state index is 0.144. The van der Waals surface area contributed by atoms with E-state index < -0.39 is 0 Å². The molecule has 0 radical (unpaired) electrons. The number of nitrogens with zero attached hydrogens (tertiary/aromatic N) is 1. The lowest BCUT2D eigenvalue weighted by atomic mass is 10.2. The van der Waals surface area contributed by atoms with Gasteiger partial charge in [0.25, 0.3) is 5.56 Å². The molecular weight excluding hydrogens is 291 g/mol. The largest absolute Gasteiger partial charge is 0.312 e. The lowest BCUT2D eigenvalue weighted by Crippen LogP contribution is -2.02. The second-order valence-electron chi connectivity index (χ2n) is 3.66. The van der Waals surface area contributed by atoms with Crippen LogP contribution in [0.4, 0.5) is 0 Å². The van der Waals surface area contributed by atoms with Crippen LogP contribution in [0.1, 0.15) is 0 Å². The summed E-state index contributed by atoms with van der Waals surface area (Å²) in [5, 5.41) is 0.982. The van der Waals surface area contributed by atoms with E-state index in [0.717, 1.165) is 10.4 Å². The highest BCUT2D eigenvalue weighted by Gasteiger charge is 2.12. The van der Waals surface area contributed by atoms with Crippen molar-refractivity contribution in [1.29, 1.82) is 0 Å². The molecule has 0 aliphatic heterocycles. The smallest absolute Gasteiger partial charge is 0.268 e. The molecule has 3 nitrogen and oxygen atoms in total. The molecule has 6 heteroatoms. The summed E-state index contributed by atoms with van der Waals surface area (Å²) in [7, 11) is 0. The van der Waals surface area contributed by atoms with Crippen molar-refractivity contribution >= 4 is 44.8 Å². The molecule has 0 unspecified atom stereocenters. The number of hydrogen-bond acceptors (Lipinski definition) is 3. The monoisotopic (exact) mass is 296 g/mol. The molecule has 18 heavy (non-hydrogen) atoms. The Bertz CT molecular complexity index is 794. The van der Waals surface area contributed by atoms with Gasteiger partial charge in [0.1, 0.15) is 4.70 Å². The highest BCUT2D eigenvalue weighted by atomic mass is 35.5. The molecule has 0 aliphatic rings. The third-order valence-electron chi connectivity index (χ3n) is 2.54. The van der Waals surface area contributed by atoms with E-state index in [1.165, 1.54) is 17.7 Å². The van der Waals surface area contributed by atoms with Crippen molar-refractivity contribution in [3.8, 4) is 10.4 Å². The van der Waals surface area contributed by atoms with Gasteiger partial charge in [0, 0.05) is 10.4 Å². The second kappa shape index (κ2) is 4.39. The Kier molecular flexibility index (Phi) is 2.86. The Hall–Kier alpha value is -1.36. The molecule has 0 bridgehead atoms. The number of halogens is 2. The lowest BCUT2D eigenvalue weighted by molar-refractivity contribution is 1.18. The molecule has 2 heterocycles. The number of aromatic amines is 1. The first kappa shape index (κ1) is 11.7. The van der Waals surface area contributed by atoms with Gasteiger partial charge in [0.15, 0.2) is 0 Å². The first-order valence-corrected chi connectivity index (χ1v) is 6.65. The number of hydrogen-bond donors (Lipinski definition) is 1. The van der Waals surface area contributed by atoms with Crippen LogP contribution in [0.25, 0.3) is 20.7 Å². The van der Waals surface area contributed by atoms with Crippen LogP contribution in [-0.4, -0.2) is 9.97 Å². The van der Waals surface area contributed by atoms with Crippen LogP contribution in [-0.2, 0) is 0 Å². The number of rotatable bonds is 1. The molecule has 3 aromatic rings. The molecule has 0 saturated carbocycles. The standard InChI is InChI=1S/C12H6Cl2N2OS/c13-7-3-1-2-6(10(7)14)9-4-8-11(18-9)12(17)16-5-15-8/h1-5H,(H,15,16,17). The van der Waals surface area contributed by atoms with E-state index in [1.807, 2.05) is 18.2 Å². The van der Waals surface area contributed by atoms with E-state index in [2.05, 4.69) is 9.97 Å². The molecule has 90 valence electrons. The molecule has 0 fully saturated rings. The summed E-state index contributed by atoms with van der Waals surface area (Å²) in [6, 6.07) is 7.26. The van der Waals surface area contributed by atoms with Crippen molar-refractivity contribution in [2.75, 3.05) is 0 Å². The van der Waals surface area contributed by atoms with E-state index >= 15 is 0 Å². The van der Waals surface area contributed by atoms with Gasteiger partial charge in [-0.1, -0.05) is 35.3 Å². The molecule has 0 saturated heterocycles. The van der Waals surface area contributed by atoms with Gasteiger partial charge >= 0.3 is 0 Å². The number of aromatic nitrogens is 2. The van der Waals surface area contributed by atoms with Crippen molar-refractivity contribution in [2.45, 2.75) is 0 Å². The van der Waals surface area contributed by atoms with Gasteiger partial charge in [-0.15, -0.1) is 11.3 Å². The Morgan fingerprint density at radius 2 is 2.11 bits per heavy atom. The molecule has 0 amide bonds. The van der Waals surface area contributed by atoms with Gasteiger partial charge in [0.05, 0.1) is 21.9 Å². The summed E-state index contributed by atoms with van der Waals surface area (Å²) in [5.74, 6) is 0. The number of nitrogens with one attached hydrogen (secondary N) is 1. The molecule has 3 rings (SSSR count). The molecule has 2 aromatic heterocycles. The zero-order valence-corrected chi connectivity index (χ0v) is 11.2. The average molecular weight is 297 g/mol. The minimum Gasteiger partial charge on any atom is -0.312 e. The Balaban J connectivity index is 2.29. The van der Waals surface area contributed by atoms with Crippen molar-refractivity contribution in [1.82, 2.24) is 9.97 Å². The number of H-pyrrole nitrogens is 1. The maximum atomic E-state index is 11.6. The van der Waals surface area contributed by atoms with Gasteiger partial charge in [-0.05, 0) is 12.1 Å². The fourth-order valence-corrected chi connectivity index (χ4v) is 3.19. The van der Waals surface area contributed by atoms with Crippen molar-refractivity contribution in [3.05, 3.63) is 51.0 Å². The summed E-state index contributed by atoms with van der Waals surface area (Å²) in [6.45, 7) is 0. The summed E-state index contributed by atoms with van der Waals surface area (Å²) >= 11 is 13.5. The van der Waals surface area contributed by atoms with Crippen molar-refractivity contribution in [2.24, 2.45) is 0 Å². The van der Waals surface area contributed by atoms with Crippen LogP contribution in [0, 0.1) is 0 Å².